The minimum Gasteiger partial charge on any atom is -0.492 e. The number of anilines is 1. The second-order valence-electron chi connectivity index (χ2n) is 4.47. The summed E-state index contributed by atoms with van der Waals surface area (Å²) in [7, 11) is 0. The predicted octanol–water partition coefficient (Wildman–Crippen LogP) is 1.01. The summed E-state index contributed by atoms with van der Waals surface area (Å²) < 4.78 is 5.33. The molecule has 0 bridgehead atoms. The second kappa shape index (κ2) is 5.60. The van der Waals surface area contributed by atoms with Gasteiger partial charge in [0.2, 0.25) is 5.91 Å². The maximum absolute atomic E-state index is 11.4. The molecule has 1 aromatic carbocycles. The number of nitrogens with one attached hydrogen (secondary N) is 1. The zero-order valence-electron chi connectivity index (χ0n) is 10.4. The minimum absolute atomic E-state index is 0.0647. The second-order valence-corrected chi connectivity index (χ2v) is 4.47. The SMILES string of the molecule is Nc1cccc(OCCC(=O)NC2CC2)c1C(=O)O. The monoisotopic (exact) mass is 264 g/mol. The third-order valence-electron chi connectivity index (χ3n) is 2.80. The number of carbonyl (C=O) groups is 2. The maximum atomic E-state index is 11.4. The molecule has 1 saturated carbocycles. The van der Waals surface area contributed by atoms with Gasteiger partial charge in [0.05, 0.1) is 13.0 Å². The third kappa shape index (κ3) is 3.61. The van der Waals surface area contributed by atoms with Crippen LogP contribution >= 0.6 is 0 Å². The van der Waals surface area contributed by atoms with Crippen LogP contribution in [-0.4, -0.2) is 29.6 Å². The topological polar surface area (TPSA) is 102 Å². The van der Waals surface area contributed by atoms with Gasteiger partial charge in [0, 0.05) is 11.7 Å². The lowest BCUT2D eigenvalue weighted by Crippen LogP contribution is -2.26. The predicted molar refractivity (Wildman–Crippen MR) is 69.1 cm³/mol. The highest BCUT2D eigenvalue weighted by Crippen LogP contribution is 2.24. The van der Waals surface area contributed by atoms with Crippen molar-refractivity contribution < 1.29 is 19.4 Å². The van der Waals surface area contributed by atoms with Gasteiger partial charge < -0.3 is 20.9 Å². The van der Waals surface area contributed by atoms with Gasteiger partial charge in [-0.1, -0.05) is 6.07 Å². The molecule has 19 heavy (non-hydrogen) atoms. The fraction of sp³-hybridized carbons (Fsp3) is 0.385. The van der Waals surface area contributed by atoms with E-state index in [1.165, 1.54) is 12.1 Å². The third-order valence-corrected chi connectivity index (χ3v) is 2.80. The number of benzene rings is 1. The molecule has 1 fully saturated rings. The molecule has 2 rings (SSSR count). The van der Waals surface area contributed by atoms with Gasteiger partial charge in [-0.05, 0) is 25.0 Å². The Balaban J connectivity index is 1.89. The van der Waals surface area contributed by atoms with Gasteiger partial charge in [-0.25, -0.2) is 4.79 Å². The number of carboxylic acids is 1. The standard InChI is InChI=1S/C13H16N2O4/c14-9-2-1-3-10(12(9)13(17)18)19-7-6-11(16)15-8-4-5-8/h1-3,8H,4-7,14H2,(H,15,16)(H,17,18). The van der Waals surface area contributed by atoms with Gasteiger partial charge in [-0.2, -0.15) is 0 Å². The number of hydrogen-bond acceptors (Lipinski definition) is 4. The molecule has 0 aromatic heterocycles. The summed E-state index contributed by atoms with van der Waals surface area (Å²) in [6.07, 6.45) is 2.26. The van der Waals surface area contributed by atoms with E-state index in [1.54, 1.807) is 6.07 Å². The molecule has 0 atom stereocenters. The zero-order chi connectivity index (χ0) is 13.8. The molecule has 102 valence electrons. The molecule has 1 aliphatic rings. The van der Waals surface area contributed by atoms with E-state index in [0.29, 0.717) is 6.04 Å². The molecule has 0 aliphatic heterocycles. The smallest absolute Gasteiger partial charge is 0.341 e. The van der Waals surface area contributed by atoms with E-state index in [1.807, 2.05) is 0 Å². The lowest BCUT2D eigenvalue weighted by molar-refractivity contribution is -0.121. The number of nitrogen functional groups attached to an aromatic ring is 1. The van der Waals surface area contributed by atoms with Crippen LogP contribution in [0.2, 0.25) is 0 Å². The summed E-state index contributed by atoms with van der Waals surface area (Å²) in [4.78, 5) is 22.5. The average Bonchev–Trinajstić information content (AvgIpc) is 3.12. The van der Waals surface area contributed by atoms with Crippen molar-refractivity contribution in [1.82, 2.24) is 5.32 Å². The van der Waals surface area contributed by atoms with Crippen LogP contribution in [0.3, 0.4) is 0 Å². The van der Waals surface area contributed by atoms with E-state index in [9.17, 15) is 9.59 Å². The van der Waals surface area contributed by atoms with Crippen molar-refractivity contribution in [3.8, 4) is 5.75 Å². The molecular weight excluding hydrogens is 248 g/mol. The fourth-order valence-electron chi connectivity index (χ4n) is 1.68. The number of carbonyl (C=O) groups excluding carboxylic acids is 1. The lowest BCUT2D eigenvalue weighted by atomic mass is 10.1. The van der Waals surface area contributed by atoms with Crippen molar-refractivity contribution in [2.24, 2.45) is 0 Å². The molecule has 0 heterocycles. The highest BCUT2D eigenvalue weighted by Gasteiger charge is 2.23. The Bertz CT molecular complexity index is 497. The Labute approximate surface area is 110 Å². The Hall–Kier alpha value is -2.24. The molecule has 1 aliphatic carbocycles. The number of amides is 1. The van der Waals surface area contributed by atoms with Gasteiger partial charge in [-0.3, -0.25) is 4.79 Å². The van der Waals surface area contributed by atoms with E-state index >= 15 is 0 Å². The van der Waals surface area contributed by atoms with Crippen LogP contribution in [0.4, 0.5) is 5.69 Å². The highest BCUT2D eigenvalue weighted by molar-refractivity contribution is 5.96. The fourth-order valence-corrected chi connectivity index (χ4v) is 1.68. The number of carboxylic acid groups (broad SMARTS) is 1. The molecule has 0 radical (unpaired) electrons. The summed E-state index contributed by atoms with van der Waals surface area (Å²) in [5.74, 6) is -1.04. The summed E-state index contributed by atoms with van der Waals surface area (Å²) in [6, 6.07) is 4.95. The molecule has 6 nitrogen and oxygen atoms in total. The zero-order valence-corrected chi connectivity index (χ0v) is 10.4. The van der Waals surface area contributed by atoms with Crippen molar-refractivity contribution in [1.29, 1.82) is 0 Å². The van der Waals surface area contributed by atoms with Crippen molar-refractivity contribution in [2.45, 2.75) is 25.3 Å². The van der Waals surface area contributed by atoms with Gasteiger partial charge in [0.15, 0.2) is 0 Å². The van der Waals surface area contributed by atoms with Crippen LogP contribution in [0.1, 0.15) is 29.6 Å². The quantitative estimate of drug-likeness (QED) is 0.666. The van der Waals surface area contributed by atoms with Crippen molar-refractivity contribution in [3.63, 3.8) is 0 Å². The maximum Gasteiger partial charge on any atom is 0.341 e. The summed E-state index contributed by atoms with van der Waals surface area (Å²) in [5, 5.41) is 11.9. The van der Waals surface area contributed by atoms with E-state index in [-0.39, 0.29) is 35.9 Å². The largest absolute Gasteiger partial charge is 0.492 e. The molecule has 1 aromatic rings. The molecule has 6 heteroatoms. The van der Waals surface area contributed by atoms with Gasteiger partial charge in [0.25, 0.3) is 0 Å². The number of hydrogen-bond donors (Lipinski definition) is 3. The van der Waals surface area contributed by atoms with Gasteiger partial charge in [0.1, 0.15) is 11.3 Å². The van der Waals surface area contributed by atoms with Crippen LogP contribution in [0.25, 0.3) is 0 Å². The molecule has 1 amide bonds. The first kappa shape index (κ1) is 13.2. The first-order valence-corrected chi connectivity index (χ1v) is 6.12. The van der Waals surface area contributed by atoms with Crippen molar-refractivity contribution in [2.75, 3.05) is 12.3 Å². The number of rotatable bonds is 6. The molecule has 0 saturated heterocycles. The Morgan fingerprint density at radius 2 is 2.16 bits per heavy atom. The Morgan fingerprint density at radius 1 is 1.42 bits per heavy atom. The van der Waals surface area contributed by atoms with Crippen LogP contribution in [0, 0.1) is 0 Å². The van der Waals surface area contributed by atoms with Gasteiger partial charge >= 0.3 is 5.97 Å². The first-order valence-electron chi connectivity index (χ1n) is 6.12. The Morgan fingerprint density at radius 3 is 2.79 bits per heavy atom. The van der Waals surface area contributed by atoms with Gasteiger partial charge in [-0.15, -0.1) is 0 Å². The van der Waals surface area contributed by atoms with Crippen LogP contribution in [0.5, 0.6) is 5.75 Å². The minimum atomic E-state index is -1.14. The van der Waals surface area contributed by atoms with E-state index < -0.39 is 5.97 Å². The van der Waals surface area contributed by atoms with Crippen molar-refractivity contribution >= 4 is 17.6 Å². The summed E-state index contributed by atoms with van der Waals surface area (Å²) >= 11 is 0. The van der Waals surface area contributed by atoms with E-state index in [2.05, 4.69) is 5.32 Å². The summed E-state index contributed by atoms with van der Waals surface area (Å²) in [6.45, 7) is 0.127. The lowest BCUT2D eigenvalue weighted by Gasteiger charge is -2.10. The van der Waals surface area contributed by atoms with Crippen molar-refractivity contribution in [3.05, 3.63) is 23.8 Å². The van der Waals surface area contributed by atoms with Crippen LogP contribution in [-0.2, 0) is 4.79 Å². The summed E-state index contributed by atoms with van der Waals surface area (Å²) in [5.41, 5.74) is 5.67. The van der Waals surface area contributed by atoms with E-state index in [0.717, 1.165) is 12.8 Å². The highest BCUT2D eigenvalue weighted by atomic mass is 16.5. The van der Waals surface area contributed by atoms with Crippen LogP contribution < -0.4 is 15.8 Å². The molecule has 0 unspecified atom stereocenters. The van der Waals surface area contributed by atoms with E-state index in [4.69, 9.17) is 15.6 Å². The normalized spacial score (nSPS) is 13.9. The molecular formula is C13H16N2O4. The Kier molecular flexibility index (Phi) is 3.89. The number of aromatic carboxylic acids is 1. The number of nitrogens with two attached hydrogens (primary N) is 1. The average molecular weight is 264 g/mol. The first-order chi connectivity index (χ1) is 9.08. The number of ether oxygens (including phenoxy) is 1. The van der Waals surface area contributed by atoms with Crippen LogP contribution in [0.15, 0.2) is 18.2 Å². The molecule has 4 N–H and O–H groups in total. The molecule has 0 spiro atoms.